The van der Waals surface area contributed by atoms with Crippen LogP contribution >= 0.6 is 15.9 Å². The molecule has 96 valence electrons. The molecular formula is C14H11BrN2O2. The zero-order chi connectivity index (χ0) is 13.4. The zero-order valence-electron chi connectivity index (χ0n) is 10.2. The number of hydrogen-bond acceptors (Lipinski definition) is 4. The number of hydrogen-bond donors (Lipinski definition) is 1. The van der Waals surface area contributed by atoms with Crippen LogP contribution in [0.15, 0.2) is 50.0 Å². The van der Waals surface area contributed by atoms with Crippen molar-refractivity contribution in [2.24, 2.45) is 0 Å². The van der Waals surface area contributed by atoms with E-state index in [0.29, 0.717) is 22.0 Å². The smallest absolute Gasteiger partial charge is 0.212 e. The van der Waals surface area contributed by atoms with Crippen molar-refractivity contribution in [3.05, 3.63) is 46.6 Å². The Morgan fingerprint density at radius 2 is 2.05 bits per heavy atom. The molecule has 0 aliphatic heterocycles. The quantitative estimate of drug-likeness (QED) is 0.766. The van der Waals surface area contributed by atoms with Crippen LogP contribution < -0.4 is 5.73 Å². The Morgan fingerprint density at radius 1 is 1.21 bits per heavy atom. The second-order valence-electron chi connectivity index (χ2n) is 4.25. The minimum atomic E-state index is 0.355. The van der Waals surface area contributed by atoms with Crippen LogP contribution in [0, 0.1) is 6.92 Å². The lowest BCUT2D eigenvalue weighted by molar-refractivity contribution is 0.419. The Labute approximate surface area is 118 Å². The number of aromatic nitrogens is 1. The van der Waals surface area contributed by atoms with Crippen LogP contribution in [0.3, 0.4) is 0 Å². The first-order valence-corrected chi connectivity index (χ1v) is 6.52. The molecule has 0 saturated heterocycles. The maximum atomic E-state index is 5.91. The Balaban J connectivity index is 2.19. The highest BCUT2D eigenvalue weighted by molar-refractivity contribution is 9.10. The molecule has 4 nitrogen and oxygen atoms in total. The number of aryl methyl sites for hydroxylation is 1. The van der Waals surface area contributed by atoms with Crippen molar-refractivity contribution in [3.63, 3.8) is 0 Å². The maximum Gasteiger partial charge on any atom is 0.212 e. The van der Waals surface area contributed by atoms with Gasteiger partial charge in [0.1, 0.15) is 0 Å². The number of nitrogens with zero attached hydrogens (tertiary/aromatic N) is 1. The predicted molar refractivity (Wildman–Crippen MR) is 76.5 cm³/mol. The average molecular weight is 319 g/mol. The van der Waals surface area contributed by atoms with E-state index < -0.39 is 0 Å². The molecule has 0 aliphatic carbocycles. The van der Waals surface area contributed by atoms with Gasteiger partial charge in [-0.1, -0.05) is 35.0 Å². The van der Waals surface area contributed by atoms with Gasteiger partial charge >= 0.3 is 0 Å². The third-order valence-corrected chi connectivity index (χ3v) is 3.25. The summed E-state index contributed by atoms with van der Waals surface area (Å²) in [5.74, 6) is 1.48. The van der Waals surface area contributed by atoms with Gasteiger partial charge in [-0.15, -0.1) is 0 Å². The fourth-order valence-corrected chi connectivity index (χ4v) is 2.29. The molecule has 0 fully saturated rings. The molecule has 2 N–H and O–H groups in total. The lowest BCUT2D eigenvalue weighted by atomic mass is 10.0. The van der Waals surface area contributed by atoms with E-state index in [1.165, 1.54) is 0 Å². The Morgan fingerprint density at radius 3 is 2.74 bits per heavy atom. The third-order valence-electron chi connectivity index (χ3n) is 2.82. The largest absolute Gasteiger partial charge is 0.446 e. The van der Waals surface area contributed by atoms with Gasteiger partial charge in [0.2, 0.25) is 5.76 Å². The molecule has 0 bridgehead atoms. The van der Waals surface area contributed by atoms with Gasteiger partial charge in [-0.25, -0.2) is 0 Å². The summed E-state index contributed by atoms with van der Waals surface area (Å²) in [6, 6.07) is 11.6. The van der Waals surface area contributed by atoms with Crippen LogP contribution in [0.2, 0.25) is 0 Å². The minimum absolute atomic E-state index is 0.355. The molecule has 0 aliphatic rings. The molecule has 2 aromatic heterocycles. The highest BCUT2D eigenvalue weighted by Gasteiger charge is 2.20. The molecule has 19 heavy (non-hydrogen) atoms. The van der Waals surface area contributed by atoms with Gasteiger partial charge in [-0.3, -0.25) is 0 Å². The topological polar surface area (TPSA) is 65.2 Å². The number of anilines is 1. The van der Waals surface area contributed by atoms with Crippen LogP contribution in [-0.2, 0) is 0 Å². The van der Waals surface area contributed by atoms with E-state index in [0.717, 1.165) is 16.7 Å². The SMILES string of the molecule is Cc1cccc(-c2c(N)noc2-c2ccc(Br)o2)c1. The maximum absolute atomic E-state index is 5.91. The summed E-state index contributed by atoms with van der Waals surface area (Å²) in [6.07, 6.45) is 0. The zero-order valence-corrected chi connectivity index (χ0v) is 11.8. The highest BCUT2D eigenvalue weighted by atomic mass is 79.9. The fraction of sp³-hybridized carbons (Fsp3) is 0.0714. The van der Waals surface area contributed by atoms with Gasteiger partial charge in [-0.05, 0) is 40.5 Å². The van der Waals surface area contributed by atoms with Crippen molar-refractivity contribution in [3.8, 4) is 22.6 Å². The van der Waals surface area contributed by atoms with Crippen molar-refractivity contribution in [1.82, 2.24) is 5.16 Å². The molecule has 1 aromatic carbocycles. The number of nitrogen functional groups attached to an aromatic ring is 1. The first-order valence-electron chi connectivity index (χ1n) is 5.73. The van der Waals surface area contributed by atoms with Crippen LogP contribution in [0.4, 0.5) is 5.82 Å². The molecule has 0 radical (unpaired) electrons. The van der Waals surface area contributed by atoms with Crippen molar-refractivity contribution < 1.29 is 8.94 Å². The van der Waals surface area contributed by atoms with Crippen LogP contribution in [0.25, 0.3) is 22.6 Å². The molecule has 5 heteroatoms. The van der Waals surface area contributed by atoms with Crippen molar-refractivity contribution >= 4 is 21.7 Å². The standard InChI is InChI=1S/C14H11BrN2O2/c1-8-3-2-4-9(7-8)12-13(19-17-14(12)16)10-5-6-11(15)18-10/h2-7H,1H3,(H2,16,17). The monoisotopic (exact) mass is 318 g/mol. The van der Waals surface area contributed by atoms with E-state index in [1.54, 1.807) is 6.07 Å². The summed E-state index contributed by atoms with van der Waals surface area (Å²) in [5.41, 5.74) is 8.77. The molecule has 3 aromatic rings. The van der Waals surface area contributed by atoms with E-state index in [4.69, 9.17) is 14.7 Å². The summed E-state index contributed by atoms with van der Waals surface area (Å²) in [6.45, 7) is 2.02. The van der Waals surface area contributed by atoms with Crippen LogP contribution in [-0.4, -0.2) is 5.16 Å². The Bertz CT molecular complexity index is 731. The number of benzene rings is 1. The molecule has 3 rings (SSSR count). The molecule has 2 heterocycles. The van der Waals surface area contributed by atoms with Crippen LogP contribution in [0.1, 0.15) is 5.56 Å². The Hall–Kier alpha value is -2.01. The van der Waals surface area contributed by atoms with Gasteiger partial charge in [0.15, 0.2) is 16.2 Å². The van der Waals surface area contributed by atoms with Crippen molar-refractivity contribution in [2.75, 3.05) is 5.73 Å². The van der Waals surface area contributed by atoms with Gasteiger partial charge in [0.25, 0.3) is 0 Å². The van der Waals surface area contributed by atoms with E-state index in [1.807, 2.05) is 37.3 Å². The second-order valence-corrected chi connectivity index (χ2v) is 5.03. The van der Waals surface area contributed by atoms with Gasteiger partial charge in [0, 0.05) is 0 Å². The molecule has 0 atom stereocenters. The normalized spacial score (nSPS) is 10.8. The van der Waals surface area contributed by atoms with Crippen molar-refractivity contribution in [1.29, 1.82) is 0 Å². The van der Waals surface area contributed by atoms with E-state index in [9.17, 15) is 0 Å². The first kappa shape index (κ1) is 12.0. The molecule has 0 spiro atoms. The van der Waals surface area contributed by atoms with Gasteiger partial charge in [-0.2, -0.15) is 0 Å². The van der Waals surface area contributed by atoms with Crippen LogP contribution in [0.5, 0.6) is 0 Å². The lowest BCUT2D eigenvalue weighted by Crippen LogP contribution is -1.88. The lowest BCUT2D eigenvalue weighted by Gasteiger charge is -2.02. The molecule has 0 amide bonds. The summed E-state index contributed by atoms with van der Waals surface area (Å²) in [5, 5.41) is 3.84. The number of furan rings is 1. The van der Waals surface area contributed by atoms with Gasteiger partial charge < -0.3 is 14.7 Å². The number of rotatable bonds is 2. The summed E-state index contributed by atoms with van der Waals surface area (Å²) < 4.78 is 11.4. The van der Waals surface area contributed by atoms with E-state index in [-0.39, 0.29) is 0 Å². The number of halogens is 1. The third kappa shape index (κ3) is 2.17. The highest BCUT2D eigenvalue weighted by Crippen LogP contribution is 2.38. The fourth-order valence-electron chi connectivity index (χ4n) is 1.99. The molecule has 0 saturated carbocycles. The summed E-state index contributed by atoms with van der Waals surface area (Å²) in [4.78, 5) is 0. The van der Waals surface area contributed by atoms with E-state index >= 15 is 0 Å². The number of nitrogens with two attached hydrogens (primary N) is 1. The second kappa shape index (κ2) is 4.59. The summed E-state index contributed by atoms with van der Waals surface area (Å²) >= 11 is 3.27. The predicted octanol–water partition coefficient (Wildman–Crippen LogP) is 4.25. The van der Waals surface area contributed by atoms with Crippen molar-refractivity contribution in [2.45, 2.75) is 6.92 Å². The molecule has 0 unspecified atom stereocenters. The first-order chi connectivity index (χ1) is 9.15. The average Bonchev–Trinajstić information content (AvgIpc) is 2.95. The Kier molecular flexibility index (Phi) is 2.91. The summed E-state index contributed by atoms with van der Waals surface area (Å²) in [7, 11) is 0. The minimum Gasteiger partial charge on any atom is -0.446 e. The van der Waals surface area contributed by atoms with E-state index in [2.05, 4.69) is 21.1 Å². The van der Waals surface area contributed by atoms with Gasteiger partial charge in [0.05, 0.1) is 5.56 Å². The molecular weight excluding hydrogens is 308 g/mol.